The minimum atomic E-state index is 0.00592. The lowest BCUT2D eigenvalue weighted by molar-refractivity contribution is 0.104. The predicted molar refractivity (Wildman–Crippen MR) is 98.8 cm³/mol. The molecule has 0 radical (unpaired) electrons. The van der Waals surface area contributed by atoms with Crippen LogP contribution in [-0.4, -0.2) is 10.9 Å². The zero-order valence-corrected chi connectivity index (χ0v) is 13.6. The molecule has 0 atom stereocenters. The molecule has 0 saturated heterocycles. The van der Waals surface area contributed by atoms with Crippen molar-refractivity contribution in [2.75, 3.05) is 0 Å². The summed E-state index contributed by atoms with van der Waals surface area (Å²) >= 11 is 1.53. The molecule has 1 heterocycles. The summed E-state index contributed by atoms with van der Waals surface area (Å²) in [4.78, 5) is 14.1. The van der Waals surface area contributed by atoms with Crippen LogP contribution in [0.3, 0.4) is 0 Å². The number of rotatable bonds is 3. The van der Waals surface area contributed by atoms with Crippen LogP contribution in [0.25, 0.3) is 20.5 Å². The van der Waals surface area contributed by atoms with Crippen LogP contribution < -0.4 is 0 Å². The van der Waals surface area contributed by atoms with Gasteiger partial charge >= 0.3 is 0 Å². The lowest BCUT2D eigenvalue weighted by Gasteiger charge is -2.05. The van der Waals surface area contributed by atoms with Gasteiger partial charge in [-0.15, -0.1) is 11.3 Å². The third kappa shape index (κ3) is 2.49. The highest BCUT2D eigenvalue weighted by atomic mass is 32.1. The Labute approximate surface area is 143 Å². The number of hydrogen-bond donors (Lipinski definition) is 1. The Hall–Kier alpha value is -2.91. The van der Waals surface area contributed by atoms with Crippen molar-refractivity contribution in [1.82, 2.24) is 0 Å². The summed E-state index contributed by atoms with van der Waals surface area (Å²) in [7, 11) is 0. The van der Waals surface area contributed by atoms with Crippen LogP contribution in [0.15, 0.2) is 78.9 Å². The highest BCUT2D eigenvalue weighted by Crippen LogP contribution is 2.40. The van der Waals surface area contributed by atoms with Gasteiger partial charge in [-0.1, -0.05) is 60.7 Å². The number of hydrogen-bond acceptors (Lipinski definition) is 3. The van der Waals surface area contributed by atoms with Crippen LogP contribution in [0.5, 0.6) is 5.75 Å². The van der Waals surface area contributed by atoms with Gasteiger partial charge in [-0.25, -0.2) is 0 Å². The van der Waals surface area contributed by atoms with E-state index in [-0.39, 0.29) is 11.5 Å². The van der Waals surface area contributed by atoms with E-state index >= 15 is 0 Å². The number of carbonyl (C=O) groups is 1. The molecule has 0 fully saturated rings. The third-order valence-corrected chi connectivity index (χ3v) is 5.17. The molecule has 0 unspecified atom stereocenters. The molecule has 1 aromatic heterocycles. The topological polar surface area (TPSA) is 37.3 Å². The van der Waals surface area contributed by atoms with Crippen molar-refractivity contribution in [3.05, 3.63) is 90.0 Å². The quantitative estimate of drug-likeness (QED) is 0.503. The average molecular weight is 330 g/mol. The smallest absolute Gasteiger partial charge is 0.195 e. The van der Waals surface area contributed by atoms with Gasteiger partial charge < -0.3 is 5.11 Å². The number of benzene rings is 3. The molecule has 2 nitrogen and oxygen atoms in total. The molecule has 0 amide bonds. The van der Waals surface area contributed by atoms with Gasteiger partial charge in [-0.3, -0.25) is 4.79 Å². The maximum atomic E-state index is 13.1. The van der Waals surface area contributed by atoms with Gasteiger partial charge in [0.05, 0.1) is 0 Å². The number of carbonyl (C=O) groups excluding carboxylic acids is 1. The highest BCUT2D eigenvalue weighted by molar-refractivity contribution is 7.22. The normalized spacial score (nSPS) is 10.8. The van der Waals surface area contributed by atoms with Crippen LogP contribution in [-0.2, 0) is 0 Å². The second-order valence-electron chi connectivity index (χ2n) is 5.55. The third-order valence-electron chi connectivity index (χ3n) is 3.97. The van der Waals surface area contributed by atoms with Gasteiger partial charge in [0, 0.05) is 26.1 Å². The van der Waals surface area contributed by atoms with Crippen molar-refractivity contribution in [2.24, 2.45) is 0 Å². The Morgan fingerprint density at radius 2 is 1.50 bits per heavy atom. The SMILES string of the molecule is O=C(c1ccccc1)c1c(-c2ccccc2)sc2cc(O)ccc12. The van der Waals surface area contributed by atoms with Gasteiger partial charge in [-0.2, -0.15) is 0 Å². The molecule has 24 heavy (non-hydrogen) atoms. The van der Waals surface area contributed by atoms with Gasteiger partial charge in [-0.05, 0) is 23.8 Å². The first-order valence-electron chi connectivity index (χ1n) is 7.65. The number of ketones is 1. The highest BCUT2D eigenvalue weighted by Gasteiger charge is 2.21. The van der Waals surface area contributed by atoms with Gasteiger partial charge in [0.15, 0.2) is 5.78 Å². The Balaban J connectivity index is 2.00. The van der Waals surface area contributed by atoms with Crippen LogP contribution in [0.2, 0.25) is 0 Å². The van der Waals surface area contributed by atoms with E-state index < -0.39 is 0 Å². The summed E-state index contributed by atoms with van der Waals surface area (Å²) in [6.07, 6.45) is 0. The molecule has 0 aliphatic heterocycles. The second kappa shape index (κ2) is 5.95. The summed E-state index contributed by atoms with van der Waals surface area (Å²) in [6.45, 7) is 0. The van der Waals surface area contributed by atoms with E-state index in [2.05, 4.69) is 0 Å². The maximum Gasteiger partial charge on any atom is 0.195 e. The van der Waals surface area contributed by atoms with E-state index in [1.54, 1.807) is 12.1 Å². The number of phenolic OH excluding ortho intramolecular Hbond substituents is 1. The lowest BCUT2D eigenvalue weighted by atomic mass is 9.97. The molecule has 0 spiro atoms. The van der Waals surface area contributed by atoms with Crippen molar-refractivity contribution >= 4 is 27.2 Å². The Morgan fingerprint density at radius 3 is 2.21 bits per heavy atom. The first-order valence-corrected chi connectivity index (χ1v) is 8.46. The molecule has 0 bridgehead atoms. The molecule has 4 aromatic rings. The molecule has 116 valence electrons. The Kier molecular flexibility index (Phi) is 3.63. The zero-order chi connectivity index (χ0) is 16.5. The number of fused-ring (bicyclic) bond motifs is 1. The molecule has 0 saturated carbocycles. The fourth-order valence-corrected chi connectivity index (χ4v) is 4.08. The lowest BCUT2D eigenvalue weighted by Crippen LogP contribution is -2.01. The summed E-state index contributed by atoms with van der Waals surface area (Å²) < 4.78 is 0.910. The molecule has 0 aliphatic rings. The summed E-state index contributed by atoms with van der Waals surface area (Å²) in [6, 6.07) is 24.4. The van der Waals surface area contributed by atoms with Crippen molar-refractivity contribution < 1.29 is 9.90 Å². The Bertz CT molecular complexity index is 1020. The van der Waals surface area contributed by atoms with Crippen LogP contribution in [0.4, 0.5) is 0 Å². The first kappa shape index (κ1) is 14.7. The van der Waals surface area contributed by atoms with Crippen molar-refractivity contribution in [3.63, 3.8) is 0 Å². The van der Waals surface area contributed by atoms with E-state index in [1.165, 1.54) is 11.3 Å². The molecule has 3 heteroatoms. The van der Waals surface area contributed by atoms with Crippen LogP contribution in [0.1, 0.15) is 15.9 Å². The monoisotopic (exact) mass is 330 g/mol. The van der Waals surface area contributed by atoms with E-state index in [4.69, 9.17) is 0 Å². The van der Waals surface area contributed by atoms with E-state index in [9.17, 15) is 9.90 Å². The second-order valence-corrected chi connectivity index (χ2v) is 6.60. The largest absolute Gasteiger partial charge is 0.508 e. The van der Waals surface area contributed by atoms with E-state index in [0.29, 0.717) is 11.1 Å². The van der Waals surface area contributed by atoms with Gasteiger partial charge in [0.2, 0.25) is 0 Å². The average Bonchev–Trinajstić information content (AvgIpc) is 3.01. The number of aromatic hydroxyl groups is 1. The molecule has 3 aromatic carbocycles. The molecular weight excluding hydrogens is 316 g/mol. The first-order chi connectivity index (χ1) is 11.7. The van der Waals surface area contributed by atoms with Gasteiger partial charge in [0.1, 0.15) is 5.75 Å². The molecule has 4 rings (SSSR count). The number of phenols is 1. The summed E-state index contributed by atoms with van der Waals surface area (Å²) in [5.41, 5.74) is 2.38. The molecular formula is C21H14O2S. The Morgan fingerprint density at radius 1 is 0.833 bits per heavy atom. The zero-order valence-electron chi connectivity index (χ0n) is 12.8. The molecule has 1 N–H and O–H groups in total. The fraction of sp³-hybridized carbons (Fsp3) is 0. The van der Waals surface area contributed by atoms with E-state index in [0.717, 1.165) is 20.5 Å². The summed E-state index contributed by atoms with van der Waals surface area (Å²) in [5, 5.41) is 10.7. The van der Waals surface area contributed by atoms with Crippen molar-refractivity contribution in [3.8, 4) is 16.2 Å². The minimum absolute atomic E-state index is 0.00592. The standard InChI is InChI=1S/C21H14O2S/c22-16-11-12-17-18(13-16)24-21(15-9-5-2-6-10-15)19(17)20(23)14-7-3-1-4-8-14/h1-13,22H. The molecule has 0 aliphatic carbocycles. The van der Waals surface area contributed by atoms with Crippen LogP contribution >= 0.6 is 11.3 Å². The minimum Gasteiger partial charge on any atom is -0.508 e. The maximum absolute atomic E-state index is 13.1. The van der Waals surface area contributed by atoms with Crippen LogP contribution in [0, 0.1) is 0 Å². The van der Waals surface area contributed by atoms with E-state index in [1.807, 2.05) is 66.7 Å². The predicted octanol–water partition coefficient (Wildman–Crippen LogP) is 5.50. The van der Waals surface area contributed by atoms with Crippen molar-refractivity contribution in [2.45, 2.75) is 0 Å². The fourth-order valence-electron chi connectivity index (χ4n) is 2.84. The summed E-state index contributed by atoms with van der Waals surface area (Å²) in [5.74, 6) is 0.216. The number of thiophene rings is 1. The van der Waals surface area contributed by atoms with Gasteiger partial charge in [0.25, 0.3) is 0 Å². The van der Waals surface area contributed by atoms with Crippen molar-refractivity contribution in [1.29, 1.82) is 0 Å².